The van der Waals surface area contributed by atoms with E-state index >= 15 is 0 Å². The fraction of sp³-hybridized carbons (Fsp3) is 0.385. The molecule has 0 bridgehead atoms. The molecule has 20 heavy (non-hydrogen) atoms. The van der Waals surface area contributed by atoms with Crippen LogP contribution in [0.15, 0.2) is 18.2 Å². The van der Waals surface area contributed by atoms with Gasteiger partial charge >= 0.3 is 0 Å². The lowest BCUT2D eigenvalue weighted by molar-refractivity contribution is 0.568. The normalized spacial score (nSPS) is 21.1. The first-order chi connectivity index (χ1) is 9.53. The van der Waals surface area contributed by atoms with E-state index in [1.54, 1.807) is 16.7 Å². The number of benzene rings is 1. The van der Waals surface area contributed by atoms with E-state index in [9.17, 15) is 8.42 Å². The van der Waals surface area contributed by atoms with Crippen molar-refractivity contribution in [3.63, 3.8) is 0 Å². The first-order valence-electron chi connectivity index (χ1n) is 6.36. The molecule has 1 fully saturated rings. The van der Waals surface area contributed by atoms with Crippen LogP contribution in [-0.2, 0) is 16.4 Å². The summed E-state index contributed by atoms with van der Waals surface area (Å²) in [6.07, 6.45) is 1.39. The Kier molecular flexibility index (Phi) is 3.15. The number of hydrogen-bond acceptors (Lipinski definition) is 4. The highest BCUT2D eigenvalue weighted by Gasteiger charge is 2.32. The molecular weight excluding hydrogens is 294 g/mol. The molecule has 1 atom stereocenters. The highest BCUT2D eigenvalue weighted by Crippen LogP contribution is 2.25. The first-order valence-corrected chi connectivity index (χ1v) is 8.48. The van der Waals surface area contributed by atoms with Crippen molar-refractivity contribution in [2.45, 2.75) is 24.6 Å². The lowest BCUT2D eigenvalue weighted by Gasteiger charge is -2.11. The Bertz CT molecular complexity index is 871. The summed E-state index contributed by atoms with van der Waals surface area (Å²) in [5, 5.41) is 8.72. The second kappa shape index (κ2) is 4.72. The fourth-order valence-corrected chi connectivity index (χ4v) is 4.80. The summed E-state index contributed by atoms with van der Waals surface area (Å²) in [5.74, 6) is 0.261. The zero-order valence-electron chi connectivity index (χ0n) is 10.7. The predicted molar refractivity (Wildman–Crippen MR) is 78.6 cm³/mol. The SMILES string of the molecule is N#Cc1cccc2c1[nH]c(=S)n2CC1CCCS1(=O)=O. The number of para-hydroxylation sites is 1. The Labute approximate surface area is 121 Å². The van der Waals surface area contributed by atoms with Crippen molar-refractivity contribution in [2.24, 2.45) is 0 Å². The van der Waals surface area contributed by atoms with E-state index in [4.69, 9.17) is 17.5 Å². The predicted octanol–water partition coefficient (Wildman–Crippen LogP) is 2.15. The van der Waals surface area contributed by atoms with Crippen molar-refractivity contribution in [1.29, 1.82) is 5.26 Å². The van der Waals surface area contributed by atoms with E-state index in [-0.39, 0.29) is 11.0 Å². The summed E-state index contributed by atoms with van der Waals surface area (Å²) >= 11 is 5.27. The number of sulfone groups is 1. The molecule has 2 heterocycles. The molecule has 3 rings (SSSR count). The largest absolute Gasteiger partial charge is 0.329 e. The number of nitrogens with one attached hydrogen (secondary N) is 1. The molecule has 2 aromatic rings. The number of imidazole rings is 1. The van der Waals surface area contributed by atoms with Crippen LogP contribution >= 0.6 is 12.2 Å². The van der Waals surface area contributed by atoms with E-state index in [1.807, 2.05) is 6.07 Å². The third-order valence-electron chi connectivity index (χ3n) is 3.78. The number of fused-ring (bicyclic) bond motifs is 1. The van der Waals surface area contributed by atoms with Crippen LogP contribution in [-0.4, -0.2) is 29.0 Å². The van der Waals surface area contributed by atoms with Crippen LogP contribution in [0, 0.1) is 16.1 Å². The van der Waals surface area contributed by atoms with Gasteiger partial charge in [0.05, 0.1) is 27.6 Å². The molecule has 104 valence electrons. The van der Waals surface area contributed by atoms with Gasteiger partial charge in [-0.25, -0.2) is 8.42 Å². The zero-order chi connectivity index (χ0) is 14.3. The van der Waals surface area contributed by atoms with E-state index < -0.39 is 9.84 Å². The third-order valence-corrected chi connectivity index (χ3v) is 6.36. The van der Waals surface area contributed by atoms with Crippen molar-refractivity contribution in [3.8, 4) is 6.07 Å². The minimum absolute atomic E-state index is 0.261. The zero-order valence-corrected chi connectivity index (χ0v) is 12.3. The van der Waals surface area contributed by atoms with Gasteiger partial charge in [-0.05, 0) is 37.2 Å². The van der Waals surface area contributed by atoms with Crippen LogP contribution in [0.4, 0.5) is 0 Å². The number of rotatable bonds is 2. The van der Waals surface area contributed by atoms with Crippen LogP contribution in [0.3, 0.4) is 0 Å². The van der Waals surface area contributed by atoms with E-state index in [2.05, 4.69) is 11.1 Å². The van der Waals surface area contributed by atoms with Gasteiger partial charge < -0.3 is 9.55 Å². The van der Waals surface area contributed by atoms with Crippen LogP contribution in [0.25, 0.3) is 11.0 Å². The molecule has 1 aromatic heterocycles. The lowest BCUT2D eigenvalue weighted by Crippen LogP contribution is -2.22. The second-order valence-electron chi connectivity index (χ2n) is 4.98. The summed E-state index contributed by atoms with van der Waals surface area (Å²) in [6, 6.07) is 7.46. The van der Waals surface area contributed by atoms with Gasteiger partial charge in [0.25, 0.3) is 0 Å². The Morgan fingerprint density at radius 1 is 1.50 bits per heavy atom. The van der Waals surface area contributed by atoms with Crippen molar-refractivity contribution < 1.29 is 8.42 Å². The maximum Gasteiger partial charge on any atom is 0.178 e. The van der Waals surface area contributed by atoms with Gasteiger partial charge in [-0.1, -0.05) is 6.07 Å². The van der Waals surface area contributed by atoms with Crippen LogP contribution in [0.1, 0.15) is 18.4 Å². The van der Waals surface area contributed by atoms with Crippen LogP contribution in [0.5, 0.6) is 0 Å². The number of hydrogen-bond donors (Lipinski definition) is 1. The van der Waals surface area contributed by atoms with Crippen LogP contribution in [0.2, 0.25) is 0 Å². The number of aromatic amines is 1. The molecule has 0 saturated carbocycles. The average molecular weight is 307 g/mol. The maximum atomic E-state index is 11.9. The Balaban J connectivity index is 2.11. The maximum absolute atomic E-state index is 11.9. The van der Waals surface area contributed by atoms with Gasteiger partial charge in [0.1, 0.15) is 6.07 Å². The van der Waals surface area contributed by atoms with Gasteiger partial charge in [0.15, 0.2) is 14.6 Å². The lowest BCUT2D eigenvalue weighted by atomic mass is 10.2. The molecule has 1 N–H and O–H groups in total. The second-order valence-corrected chi connectivity index (χ2v) is 7.77. The average Bonchev–Trinajstić information content (AvgIpc) is 2.91. The molecule has 0 aliphatic carbocycles. The fourth-order valence-electron chi connectivity index (χ4n) is 2.72. The Morgan fingerprint density at radius 3 is 2.95 bits per heavy atom. The first kappa shape index (κ1) is 13.3. The highest BCUT2D eigenvalue weighted by atomic mass is 32.2. The molecule has 1 saturated heterocycles. The highest BCUT2D eigenvalue weighted by molar-refractivity contribution is 7.92. The number of H-pyrrole nitrogens is 1. The number of nitriles is 1. The van der Waals surface area contributed by atoms with E-state index in [0.717, 1.165) is 5.52 Å². The molecular formula is C13H13N3O2S2. The van der Waals surface area contributed by atoms with Gasteiger partial charge in [0, 0.05) is 6.54 Å². The van der Waals surface area contributed by atoms with Crippen LogP contribution < -0.4 is 0 Å². The van der Waals surface area contributed by atoms with Gasteiger partial charge in [0.2, 0.25) is 0 Å². The minimum Gasteiger partial charge on any atom is -0.329 e. The minimum atomic E-state index is -3.01. The van der Waals surface area contributed by atoms with Gasteiger partial charge in [-0.2, -0.15) is 5.26 Å². The summed E-state index contributed by atoms with van der Waals surface area (Å²) < 4.78 is 26.2. The van der Waals surface area contributed by atoms with Gasteiger partial charge in [-0.15, -0.1) is 0 Å². The van der Waals surface area contributed by atoms with Crippen molar-refractivity contribution in [1.82, 2.24) is 9.55 Å². The van der Waals surface area contributed by atoms with Crippen molar-refractivity contribution in [3.05, 3.63) is 28.5 Å². The quantitative estimate of drug-likeness (QED) is 0.862. The smallest absolute Gasteiger partial charge is 0.178 e. The summed E-state index contributed by atoms with van der Waals surface area (Å²) in [4.78, 5) is 3.01. The topological polar surface area (TPSA) is 78.7 Å². The molecule has 5 nitrogen and oxygen atoms in total. The number of aromatic nitrogens is 2. The third kappa shape index (κ3) is 2.05. The summed E-state index contributed by atoms with van der Waals surface area (Å²) in [6.45, 7) is 0.357. The monoisotopic (exact) mass is 307 g/mol. The molecule has 1 aliphatic rings. The summed E-state index contributed by atoms with van der Waals surface area (Å²) in [5.41, 5.74) is 1.98. The van der Waals surface area contributed by atoms with E-state index in [1.165, 1.54) is 0 Å². The molecule has 0 radical (unpaired) electrons. The van der Waals surface area contributed by atoms with E-state index in [0.29, 0.717) is 35.2 Å². The molecule has 1 aliphatic heterocycles. The Morgan fingerprint density at radius 2 is 2.30 bits per heavy atom. The molecule has 1 aromatic carbocycles. The molecule has 1 unspecified atom stereocenters. The molecule has 7 heteroatoms. The van der Waals surface area contributed by atoms with Crippen molar-refractivity contribution >= 4 is 33.1 Å². The Hall–Kier alpha value is -1.65. The number of nitrogens with zero attached hydrogens (tertiary/aromatic N) is 2. The molecule has 0 spiro atoms. The molecule has 0 amide bonds. The van der Waals surface area contributed by atoms with Gasteiger partial charge in [-0.3, -0.25) is 0 Å². The standard InChI is InChI=1S/C13H13N3O2S2/c14-7-9-3-1-5-11-12(9)15-13(19)16(11)8-10-4-2-6-20(10,17)18/h1,3,5,10H,2,4,6,8H2,(H,15,19). The van der Waals surface area contributed by atoms with Crippen molar-refractivity contribution in [2.75, 3.05) is 5.75 Å². The summed E-state index contributed by atoms with van der Waals surface area (Å²) in [7, 11) is -3.01.